The van der Waals surface area contributed by atoms with Gasteiger partial charge in [-0.2, -0.15) is 0 Å². The standard InChI is InChI=1S/C11H11BrFN3/c12-6-5-10-8-16(15-14-10)7-9-3-1-2-4-11(9)13/h1-4,8H,5-7H2. The topological polar surface area (TPSA) is 30.7 Å². The molecule has 5 heteroatoms. The number of rotatable bonds is 4. The number of aryl methyl sites for hydroxylation is 1. The second-order valence-electron chi connectivity index (χ2n) is 3.44. The van der Waals surface area contributed by atoms with E-state index in [-0.39, 0.29) is 5.82 Å². The quantitative estimate of drug-likeness (QED) is 0.807. The minimum absolute atomic E-state index is 0.208. The zero-order valence-corrected chi connectivity index (χ0v) is 10.2. The molecular formula is C11H11BrFN3. The van der Waals surface area contributed by atoms with Gasteiger partial charge >= 0.3 is 0 Å². The second kappa shape index (κ2) is 5.21. The first-order chi connectivity index (χ1) is 7.79. The van der Waals surface area contributed by atoms with Crippen LogP contribution in [-0.2, 0) is 13.0 Å². The van der Waals surface area contributed by atoms with Gasteiger partial charge in [0, 0.05) is 23.5 Å². The highest BCUT2D eigenvalue weighted by atomic mass is 79.9. The Kier molecular flexibility index (Phi) is 3.66. The highest BCUT2D eigenvalue weighted by Gasteiger charge is 2.04. The monoisotopic (exact) mass is 283 g/mol. The van der Waals surface area contributed by atoms with Gasteiger partial charge in [-0.05, 0) is 6.07 Å². The molecule has 0 aliphatic carbocycles. The van der Waals surface area contributed by atoms with Crippen LogP contribution in [-0.4, -0.2) is 20.3 Å². The lowest BCUT2D eigenvalue weighted by atomic mass is 10.2. The molecule has 2 aromatic rings. The van der Waals surface area contributed by atoms with Gasteiger partial charge in [-0.15, -0.1) is 5.10 Å². The molecule has 0 unspecified atom stereocenters. The van der Waals surface area contributed by atoms with Gasteiger partial charge in [0.2, 0.25) is 0 Å². The van der Waals surface area contributed by atoms with Crippen LogP contribution in [0.15, 0.2) is 30.5 Å². The molecule has 0 N–H and O–H groups in total. The van der Waals surface area contributed by atoms with E-state index in [4.69, 9.17) is 0 Å². The molecule has 1 heterocycles. The van der Waals surface area contributed by atoms with Crippen LogP contribution < -0.4 is 0 Å². The molecule has 0 fully saturated rings. The first kappa shape index (κ1) is 11.3. The molecule has 16 heavy (non-hydrogen) atoms. The highest BCUT2D eigenvalue weighted by molar-refractivity contribution is 9.09. The van der Waals surface area contributed by atoms with E-state index in [0.717, 1.165) is 17.4 Å². The number of nitrogens with zero attached hydrogens (tertiary/aromatic N) is 3. The average molecular weight is 284 g/mol. The van der Waals surface area contributed by atoms with Gasteiger partial charge in [-0.1, -0.05) is 39.3 Å². The van der Waals surface area contributed by atoms with E-state index in [1.165, 1.54) is 6.07 Å². The van der Waals surface area contributed by atoms with Crippen LogP contribution in [0.2, 0.25) is 0 Å². The van der Waals surface area contributed by atoms with Gasteiger partial charge in [0.25, 0.3) is 0 Å². The third-order valence-corrected chi connectivity index (χ3v) is 2.62. The fourth-order valence-electron chi connectivity index (χ4n) is 1.43. The van der Waals surface area contributed by atoms with Crippen LogP contribution in [0.3, 0.4) is 0 Å². The van der Waals surface area contributed by atoms with Crippen molar-refractivity contribution in [2.45, 2.75) is 13.0 Å². The van der Waals surface area contributed by atoms with Crippen molar-refractivity contribution in [1.82, 2.24) is 15.0 Å². The Morgan fingerprint density at radius 3 is 2.88 bits per heavy atom. The molecule has 0 radical (unpaired) electrons. The van der Waals surface area contributed by atoms with Crippen molar-refractivity contribution < 1.29 is 4.39 Å². The lowest BCUT2D eigenvalue weighted by molar-refractivity contribution is 0.577. The van der Waals surface area contributed by atoms with Crippen molar-refractivity contribution in [2.75, 3.05) is 5.33 Å². The summed E-state index contributed by atoms with van der Waals surface area (Å²) in [5.41, 5.74) is 1.53. The summed E-state index contributed by atoms with van der Waals surface area (Å²) >= 11 is 3.34. The summed E-state index contributed by atoms with van der Waals surface area (Å²) in [6.07, 6.45) is 2.67. The zero-order chi connectivity index (χ0) is 11.4. The molecular weight excluding hydrogens is 273 g/mol. The molecule has 1 aromatic heterocycles. The van der Waals surface area contributed by atoms with E-state index in [0.29, 0.717) is 12.1 Å². The summed E-state index contributed by atoms with van der Waals surface area (Å²) < 4.78 is 15.0. The maximum atomic E-state index is 13.4. The summed E-state index contributed by atoms with van der Waals surface area (Å²) in [5, 5.41) is 8.80. The minimum atomic E-state index is -0.208. The van der Waals surface area contributed by atoms with Crippen LogP contribution >= 0.6 is 15.9 Å². The Bertz CT molecular complexity index is 470. The number of hydrogen-bond donors (Lipinski definition) is 0. The van der Waals surface area contributed by atoms with Gasteiger partial charge < -0.3 is 0 Å². The van der Waals surface area contributed by atoms with E-state index in [9.17, 15) is 4.39 Å². The van der Waals surface area contributed by atoms with Crippen molar-refractivity contribution >= 4 is 15.9 Å². The van der Waals surface area contributed by atoms with Gasteiger partial charge in [-0.3, -0.25) is 0 Å². The van der Waals surface area contributed by atoms with Crippen molar-refractivity contribution in [1.29, 1.82) is 0 Å². The molecule has 2 rings (SSSR count). The third-order valence-electron chi connectivity index (χ3n) is 2.23. The molecule has 0 bridgehead atoms. The van der Waals surface area contributed by atoms with Gasteiger partial charge in [-0.25, -0.2) is 9.07 Å². The lowest BCUT2D eigenvalue weighted by Gasteiger charge is -2.01. The first-order valence-electron chi connectivity index (χ1n) is 4.98. The summed E-state index contributed by atoms with van der Waals surface area (Å²) in [6.45, 7) is 0.419. The zero-order valence-electron chi connectivity index (χ0n) is 8.61. The SMILES string of the molecule is Fc1ccccc1Cn1cc(CCBr)nn1. The van der Waals surface area contributed by atoms with Crippen LogP contribution in [0.5, 0.6) is 0 Å². The lowest BCUT2D eigenvalue weighted by Crippen LogP contribution is -2.02. The molecule has 3 nitrogen and oxygen atoms in total. The number of hydrogen-bond acceptors (Lipinski definition) is 2. The Morgan fingerprint density at radius 2 is 2.12 bits per heavy atom. The number of alkyl halides is 1. The van der Waals surface area contributed by atoms with Crippen LogP contribution in [0, 0.1) is 5.82 Å². The summed E-state index contributed by atoms with van der Waals surface area (Å²) in [4.78, 5) is 0. The van der Waals surface area contributed by atoms with E-state index in [2.05, 4.69) is 26.2 Å². The number of benzene rings is 1. The predicted molar refractivity (Wildman–Crippen MR) is 63.0 cm³/mol. The maximum Gasteiger partial charge on any atom is 0.128 e. The molecule has 0 aliphatic heterocycles. The molecule has 0 atom stereocenters. The minimum Gasteiger partial charge on any atom is -0.248 e. The normalized spacial score (nSPS) is 10.6. The first-order valence-corrected chi connectivity index (χ1v) is 6.10. The smallest absolute Gasteiger partial charge is 0.128 e. The molecule has 0 saturated carbocycles. The molecule has 0 saturated heterocycles. The Morgan fingerprint density at radius 1 is 1.31 bits per heavy atom. The molecule has 0 amide bonds. The predicted octanol–water partition coefficient (Wildman–Crippen LogP) is 2.40. The van der Waals surface area contributed by atoms with Crippen LogP contribution in [0.25, 0.3) is 0 Å². The van der Waals surface area contributed by atoms with Crippen LogP contribution in [0.1, 0.15) is 11.3 Å². The molecule has 84 valence electrons. The van der Waals surface area contributed by atoms with Crippen LogP contribution in [0.4, 0.5) is 4.39 Å². The highest BCUT2D eigenvalue weighted by Crippen LogP contribution is 2.08. The fraction of sp³-hybridized carbons (Fsp3) is 0.273. The van der Waals surface area contributed by atoms with Gasteiger partial charge in [0.05, 0.1) is 12.2 Å². The third kappa shape index (κ3) is 2.66. The average Bonchev–Trinajstić information content (AvgIpc) is 2.70. The van der Waals surface area contributed by atoms with Crippen molar-refractivity contribution in [3.63, 3.8) is 0 Å². The van der Waals surface area contributed by atoms with E-state index >= 15 is 0 Å². The van der Waals surface area contributed by atoms with Crippen molar-refractivity contribution in [3.05, 3.63) is 47.5 Å². The Labute approximate surface area is 101 Å². The molecule has 1 aromatic carbocycles. The molecule has 0 aliphatic rings. The summed E-state index contributed by atoms with van der Waals surface area (Å²) in [6, 6.07) is 6.69. The molecule has 0 spiro atoms. The second-order valence-corrected chi connectivity index (χ2v) is 4.23. The number of halogens is 2. The summed E-state index contributed by atoms with van der Waals surface area (Å²) in [5.74, 6) is -0.208. The maximum absolute atomic E-state index is 13.4. The van der Waals surface area contributed by atoms with E-state index < -0.39 is 0 Å². The van der Waals surface area contributed by atoms with E-state index in [1.807, 2.05) is 12.3 Å². The van der Waals surface area contributed by atoms with Gasteiger partial charge in [0.15, 0.2) is 0 Å². The van der Waals surface area contributed by atoms with Crippen molar-refractivity contribution in [2.24, 2.45) is 0 Å². The van der Waals surface area contributed by atoms with Gasteiger partial charge in [0.1, 0.15) is 5.82 Å². The fourth-order valence-corrected chi connectivity index (χ4v) is 1.83. The van der Waals surface area contributed by atoms with Crippen molar-refractivity contribution in [3.8, 4) is 0 Å². The Hall–Kier alpha value is -1.23. The largest absolute Gasteiger partial charge is 0.248 e. The van der Waals surface area contributed by atoms with E-state index in [1.54, 1.807) is 16.8 Å². The Balaban J connectivity index is 2.11. The number of aromatic nitrogens is 3. The summed E-state index contributed by atoms with van der Waals surface area (Å²) in [7, 11) is 0.